The molecule has 20 heavy (non-hydrogen) atoms. The fourth-order valence-electron chi connectivity index (χ4n) is 2.61. The van der Waals surface area contributed by atoms with Crippen LogP contribution in [0.25, 0.3) is 0 Å². The van der Waals surface area contributed by atoms with Crippen molar-refractivity contribution in [2.45, 2.75) is 77.6 Å². The quantitative estimate of drug-likeness (QED) is 0.466. The first-order chi connectivity index (χ1) is 9.74. The Kier molecular flexibility index (Phi) is 9.10. The molecule has 1 aromatic heterocycles. The van der Waals surface area contributed by atoms with E-state index >= 15 is 0 Å². The lowest BCUT2D eigenvalue weighted by molar-refractivity contribution is -0.656. The van der Waals surface area contributed by atoms with E-state index in [1.807, 2.05) is 11.6 Å². The molecular formula is C18H33N2+. The maximum Gasteiger partial charge on any atom is 0.272 e. The Morgan fingerprint density at radius 1 is 0.900 bits per heavy atom. The van der Waals surface area contributed by atoms with Crippen molar-refractivity contribution in [1.82, 2.24) is 0 Å². The maximum atomic E-state index is 5.90. The normalized spacial score (nSPS) is 10.9. The molecule has 1 aromatic rings. The maximum absolute atomic E-state index is 5.90. The van der Waals surface area contributed by atoms with Crippen molar-refractivity contribution in [3.05, 3.63) is 23.9 Å². The number of aromatic nitrogens is 1. The molecule has 0 aliphatic heterocycles. The van der Waals surface area contributed by atoms with E-state index in [0.29, 0.717) is 0 Å². The molecule has 114 valence electrons. The lowest BCUT2D eigenvalue weighted by Gasteiger charge is -2.04. The van der Waals surface area contributed by atoms with Gasteiger partial charge in [0.25, 0.3) is 5.82 Å². The summed E-state index contributed by atoms with van der Waals surface area (Å²) < 4.78 is 1.96. The highest BCUT2D eigenvalue weighted by molar-refractivity contribution is 5.26. The zero-order valence-electron chi connectivity index (χ0n) is 13.5. The van der Waals surface area contributed by atoms with Gasteiger partial charge in [0, 0.05) is 6.07 Å². The standard InChI is InChI=1S/C18H32N2/c1-3-4-5-6-7-8-9-10-11-12-13-17-14-15-20(2)18(19)16-17/h14-16,19H,3-13H2,1-2H3/p+1. The number of pyridine rings is 1. The highest BCUT2D eigenvalue weighted by Gasteiger charge is 2.01. The van der Waals surface area contributed by atoms with Crippen molar-refractivity contribution in [3.8, 4) is 0 Å². The summed E-state index contributed by atoms with van der Waals surface area (Å²) in [5.41, 5.74) is 7.28. The average molecular weight is 277 g/mol. The first-order valence-corrected chi connectivity index (χ1v) is 8.48. The molecule has 0 unspecified atom stereocenters. The number of nitrogens with zero attached hydrogens (tertiary/aromatic N) is 1. The monoisotopic (exact) mass is 277 g/mol. The van der Waals surface area contributed by atoms with Crippen LogP contribution in [0.5, 0.6) is 0 Å². The second-order valence-corrected chi connectivity index (χ2v) is 6.00. The number of aryl methyl sites for hydroxylation is 2. The molecule has 2 N–H and O–H groups in total. The molecule has 2 nitrogen and oxygen atoms in total. The van der Waals surface area contributed by atoms with Gasteiger partial charge in [-0.15, -0.1) is 0 Å². The van der Waals surface area contributed by atoms with Crippen LogP contribution in [0.2, 0.25) is 0 Å². The molecular weight excluding hydrogens is 244 g/mol. The van der Waals surface area contributed by atoms with Gasteiger partial charge in [-0.2, -0.15) is 0 Å². The smallest absolute Gasteiger partial charge is 0.272 e. The Balaban J connectivity index is 1.95. The summed E-state index contributed by atoms with van der Waals surface area (Å²) in [7, 11) is 1.99. The van der Waals surface area contributed by atoms with E-state index in [4.69, 9.17) is 5.73 Å². The first-order valence-electron chi connectivity index (χ1n) is 8.48. The van der Waals surface area contributed by atoms with Gasteiger partial charge in [0.1, 0.15) is 0 Å². The summed E-state index contributed by atoms with van der Waals surface area (Å²) >= 11 is 0. The van der Waals surface area contributed by atoms with Gasteiger partial charge in [0.15, 0.2) is 0 Å². The summed E-state index contributed by atoms with van der Waals surface area (Å²) in [6.45, 7) is 2.28. The number of hydrogen-bond donors (Lipinski definition) is 1. The second-order valence-electron chi connectivity index (χ2n) is 6.00. The number of hydrogen-bond acceptors (Lipinski definition) is 1. The molecule has 0 saturated heterocycles. The van der Waals surface area contributed by atoms with E-state index in [9.17, 15) is 0 Å². The number of unbranched alkanes of at least 4 members (excludes halogenated alkanes) is 9. The molecule has 2 heteroatoms. The summed E-state index contributed by atoms with van der Waals surface area (Å²) in [5.74, 6) is 0.856. The zero-order chi connectivity index (χ0) is 14.6. The van der Waals surface area contributed by atoms with Crippen LogP contribution >= 0.6 is 0 Å². The Hall–Kier alpha value is -1.05. The molecule has 1 rings (SSSR count). The lowest BCUT2D eigenvalue weighted by Crippen LogP contribution is -2.31. The Morgan fingerprint density at radius 2 is 1.45 bits per heavy atom. The van der Waals surface area contributed by atoms with Crippen LogP contribution in [0, 0.1) is 0 Å². The first kappa shape index (κ1) is 17.0. The van der Waals surface area contributed by atoms with Crippen LogP contribution in [0.15, 0.2) is 18.3 Å². The molecule has 0 atom stereocenters. The minimum Gasteiger partial charge on any atom is -0.287 e. The molecule has 0 amide bonds. The van der Waals surface area contributed by atoms with Crippen LogP contribution in [-0.2, 0) is 13.5 Å². The third-order valence-electron chi connectivity index (χ3n) is 4.07. The van der Waals surface area contributed by atoms with Crippen molar-refractivity contribution >= 4 is 5.82 Å². The largest absolute Gasteiger partial charge is 0.287 e. The molecule has 0 radical (unpaired) electrons. The van der Waals surface area contributed by atoms with Crippen molar-refractivity contribution in [3.63, 3.8) is 0 Å². The van der Waals surface area contributed by atoms with Gasteiger partial charge >= 0.3 is 0 Å². The molecule has 0 aliphatic rings. The summed E-state index contributed by atoms with van der Waals surface area (Å²) in [5, 5.41) is 0. The van der Waals surface area contributed by atoms with Crippen LogP contribution < -0.4 is 10.3 Å². The van der Waals surface area contributed by atoms with Crippen molar-refractivity contribution in [1.29, 1.82) is 0 Å². The topological polar surface area (TPSA) is 29.9 Å². The minimum atomic E-state index is 0.856. The van der Waals surface area contributed by atoms with Gasteiger partial charge < -0.3 is 0 Å². The van der Waals surface area contributed by atoms with Gasteiger partial charge in [0.2, 0.25) is 0 Å². The van der Waals surface area contributed by atoms with E-state index in [1.165, 1.54) is 76.2 Å². The van der Waals surface area contributed by atoms with E-state index in [1.54, 1.807) is 0 Å². The van der Waals surface area contributed by atoms with Crippen molar-refractivity contribution in [2.75, 3.05) is 5.73 Å². The van der Waals surface area contributed by atoms with Crippen molar-refractivity contribution < 1.29 is 4.57 Å². The van der Waals surface area contributed by atoms with Gasteiger partial charge in [-0.1, -0.05) is 64.7 Å². The zero-order valence-corrected chi connectivity index (χ0v) is 13.5. The number of rotatable bonds is 11. The number of nitrogen functional groups attached to an aromatic ring is 1. The third kappa shape index (κ3) is 7.52. The molecule has 0 aromatic carbocycles. The lowest BCUT2D eigenvalue weighted by atomic mass is 10.0. The van der Waals surface area contributed by atoms with E-state index in [-0.39, 0.29) is 0 Å². The van der Waals surface area contributed by atoms with E-state index in [2.05, 4.69) is 25.3 Å². The average Bonchev–Trinajstić information content (AvgIpc) is 2.45. The van der Waals surface area contributed by atoms with E-state index < -0.39 is 0 Å². The number of nitrogens with two attached hydrogens (primary N) is 1. The molecule has 0 aliphatic carbocycles. The van der Waals surface area contributed by atoms with Crippen LogP contribution in [0.1, 0.15) is 76.7 Å². The third-order valence-corrected chi connectivity index (χ3v) is 4.07. The molecule has 0 saturated carbocycles. The molecule has 0 fully saturated rings. The Morgan fingerprint density at radius 3 is 2.00 bits per heavy atom. The number of anilines is 1. The Labute approximate surface area is 125 Å². The second kappa shape index (κ2) is 10.7. The van der Waals surface area contributed by atoms with E-state index in [0.717, 1.165) is 5.82 Å². The van der Waals surface area contributed by atoms with Crippen molar-refractivity contribution in [2.24, 2.45) is 7.05 Å². The Bertz CT molecular complexity index is 360. The summed E-state index contributed by atoms with van der Waals surface area (Å²) in [6.07, 6.45) is 17.2. The minimum absolute atomic E-state index is 0.856. The van der Waals surface area contributed by atoms with Gasteiger partial charge in [-0.05, 0) is 24.5 Å². The SMILES string of the molecule is CCCCCCCCCCCCc1cc[n+](C)c(N)c1. The molecule has 1 heterocycles. The molecule has 0 bridgehead atoms. The predicted octanol–water partition coefficient (Wildman–Crippen LogP) is 4.56. The van der Waals surface area contributed by atoms with Crippen LogP contribution in [0.4, 0.5) is 5.82 Å². The summed E-state index contributed by atoms with van der Waals surface area (Å²) in [4.78, 5) is 0. The predicted molar refractivity (Wildman–Crippen MR) is 87.6 cm³/mol. The van der Waals surface area contributed by atoms with Crippen LogP contribution in [0.3, 0.4) is 0 Å². The highest BCUT2D eigenvalue weighted by Crippen LogP contribution is 2.12. The van der Waals surface area contributed by atoms with Gasteiger partial charge in [-0.25, -0.2) is 4.57 Å². The summed E-state index contributed by atoms with van der Waals surface area (Å²) in [6, 6.07) is 4.29. The molecule has 0 spiro atoms. The fourth-order valence-corrected chi connectivity index (χ4v) is 2.61. The van der Waals surface area contributed by atoms with Gasteiger partial charge in [-0.3, -0.25) is 5.73 Å². The fraction of sp³-hybridized carbons (Fsp3) is 0.722. The van der Waals surface area contributed by atoms with Crippen LogP contribution in [-0.4, -0.2) is 0 Å². The highest BCUT2D eigenvalue weighted by atomic mass is 15.0. The van der Waals surface area contributed by atoms with Gasteiger partial charge in [0.05, 0.1) is 13.2 Å².